The van der Waals surface area contributed by atoms with Gasteiger partial charge in [-0.2, -0.15) is 0 Å². The molecule has 0 aliphatic heterocycles. The zero-order valence-electron chi connectivity index (χ0n) is 13.7. The lowest BCUT2D eigenvalue weighted by molar-refractivity contribution is -0.116. The van der Waals surface area contributed by atoms with Gasteiger partial charge >= 0.3 is 0 Å². The minimum Gasteiger partial charge on any atom is -0.491 e. The van der Waals surface area contributed by atoms with Crippen molar-refractivity contribution in [2.24, 2.45) is 5.73 Å². The smallest absolute Gasteiger partial charge is 0.224 e. The molecule has 0 aromatic heterocycles. The standard InChI is InChI=1S/C19H24N2O3/c20-11-5-10-19(22)21-17-7-4-6-16(14-17)15-23-12-13-24-18-8-2-1-3-9-18/h1-4,6-9,14H,5,10-13,15,20H2,(H,21,22). The summed E-state index contributed by atoms with van der Waals surface area (Å²) >= 11 is 0. The first kappa shape index (κ1) is 18.0. The molecule has 5 heteroatoms. The Morgan fingerprint density at radius 1 is 1.04 bits per heavy atom. The Kier molecular flexibility index (Phi) is 7.80. The topological polar surface area (TPSA) is 73.6 Å². The summed E-state index contributed by atoms with van der Waals surface area (Å²) in [4.78, 5) is 11.7. The summed E-state index contributed by atoms with van der Waals surface area (Å²) < 4.78 is 11.2. The van der Waals surface area contributed by atoms with Crippen molar-refractivity contribution in [1.82, 2.24) is 0 Å². The quantitative estimate of drug-likeness (QED) is 0.658. The van der Waals surface area contributed by atoms with Gasteiger partial charge in [0.05, 0.1) is 13.2 Å². The first-order valence-corrected chi connectivity index (χ1v) is 8.12. The first-order chi connectivity index (χ1) is 11.8. The molecule has 2 rings (SSSR count). The van der Waals surface area contributed by atoms with E-state index in [9.17, 15) is 4.79 Å². The molecule has 0 aliphatic rings. The van der Waals surface area contributed by atoms with Crippen molar-refractivity contribution < 1.29 is 14.3 Å². The molecule has 3 N–H and O–H groups in total. The van der Waals surface area contributed by atoms with E-state index in [-0.39, 0.29) is 5.91 Å². The van der Waals surface area contributed by atoms with Crippen LogP contribution in [0.5, 0.6) is 5.75 Å². The van der Waals surface area contributed by atoms with Crippen LogP contribution in [0.4, 0.5) is 5.69 Å². The Bertz CT molecular complexity index is 617. The van der Waals surface area contributed by atoms with Crippen LogP contribution in [0.1, 0.15) is 18.4 Å². The lowest BCUT2D eigenvalue weighted by atomic mass is 10.2. The van der Waals surface area contributed by atoms with Gasteiger partial charge in [0.15, 0.2) is 0 Å². The number of rotatable bonds is 10. The van der Waals surface area contributed by atoms with Gasteiger partial charge in [-0.1, -0.05) is 30.3 Å². The maximum atomic E-state index is 11.7. The number of amides is 1. The Morgan fingerprint density at radius 3 is 2.67 bits per heavy atom. The molecule has 5 nitrogen and oxygen atoms in total. The summed E-state index contributed by atoms with van der Waals surface area (Å²) in [6.45, 7) is 2.00. The van der Waals surface area contributed by atoms with Gasteiger partial charge < -0.3 is 20.5 Å². The largest absolute Gasteiger partial charge is 0.491 e. The number of anilines is 1. The van der Waals surface area contributed by atoms with Crippen LogP contribution in [0.25, 0.3) is 0 Å². The summed E-state index contributed by atoms with van der Waals surface area (Å²) in [5, 5.41) is 2.87. The fraction of sp³-hybridized carbons (Fsp3) is 0.316. The molecule has 0 saturated heterocycles. The molecule has 2 aromatic carbocycles. The average Bonchev–Trinajstić information content (AvgIpc) is 2.61. The molecule has 0 bridgehead atoms. The number of carbonyl (C=O) groups excluding carboxylic acids is 1. The summed E-state index contributed by atoms with van der Waals surface area (Å²) in [6, 6.07) is 17.3. The third kappa shape index (κ3) is 6.81. The molecular formula is C19H24N2O3. The van der Waals surface area contributed by atoms with Crippen LogP contribution in [0.15, 0.2) is 54.6 Å². The number of hydrogen-bond donors (Lipinski definition) is 2. The van der Waals surface area contributed by atoms with Crippen LogP contribution >= 0.6 is 0 Å². The van der Waals surface area contributed by atoms with E-state index >= 15 is 0 Å². The molecule has 0 spiro atoms. The molecule has 24 heavy (non-hydrogen) atoms. The van der Waals surface area contributed by atoms with E-state index < -0.39 is 0 Å². The molecule has 0 atom stereocenters. The van der Waals surface area contributed by atoms with Crippen molar-refractivity contribution in [2.45, 2.75) is 19.4 Å². The molecule has 0 saturated carbocycles. The molecule has 0 aliphatic carbocycles. The van der Waals surface area contributed by atoms with Crippen molar-refractivity contribution >= 4 is 11.6 Å². The fourth-order valence-corrected chi connectivity index (χ4v) is 2.15. The number of para-hydroxylation sites is 1. The van der Waals surface area contributed by atoms with Crippen LogP contribution in [0, 0.1) is 0 Å². The summed E-state index contributed by atoms with van der Waals surface area (Å²) in [7, 11) is 0. The number of ether oxygens (including phenoxy) is 2. The highest BCUT2D eigenvalue weighted by Crippen LogP contribution is 2.12. The molecule has 2 aromatic rings. The maximum Gasteiger partial charge on any atom is 0.224 e. The summed E-state index contributed by atoms with van der Waals surface area (Å²) in [6.07, 6.45) is 1.13. The normalized spacial score (nSPS) is 10.4. The second-order valence-corrected chi connectivity index (χ2v) is 5.35. The lowest BCUT2D eigenvalue weighted by Crippen LogP contribution is -2.13. The van der Waals surface area contributed by atoms with E-state index in [0.29, 0.717) is 39.2 Å². The molecule has 0 unspecified atom stereocenters. The maximum absolute atomic E-state index is 11.7. The molecule has 0 radical (unpaired) electrons. The van der Waals surface area contributed by atoms with E-state index in [1.807, 2.05) is 54.6 Å². The van der Waals surface area contributed by atoms with E-state index in [1.165, 1.54) is 0 Å². The third-order valence-corrected chi connectivity index (χ3v) is 3.33. The minimum absolute atomic E-state index is 0.0187. The Morgan fingerprint density at radius 2 is 1.88 bits per heavy atom. The zero-order chi connectivity index (χ0) is 17.0. The van der Waals surface area contributed by atoms with E-state index in [0.717, 1.165) is 17.0 Å². The number of nitrogens with one attached hydrogen (secondary N) is 1. The zero-order valence-corrected chi connectivity index (χ0v) is 13.7. The Labute approximate surface area is 142 Å². The highest BCUT2D eigenvalue weighted by Gasteiger charge is 2.02. The van der Waals surface area contributed by atoms with Gasteiger partial charge in [0.25, 0.3) is 0 Å². The number of carbonyl (C=O) groups is 1. The monoisotopic (exact) mass is 328 g/mol. The van der Waals surface area contributed by atoms with Crippen LogP contribution in [0.2, 0.25) is 0 Å². The van der Waals surface area contributed by atoms with Crippen LogP contribution in [-0.2, 0) is 16.1 Å². The van der Waals surface area contributed by atoms with Gasteiger partial charge in [0, 0.05) is 12.1 Å². The molecule has 128 valence electrons. The van der Waals surface area contributed by atoms with Gasteiger partial charge in [0.1, 0.15) is 12.4 Å². The summed E-state index contributed by atoms with van der Waals surface area (Å²) in [5.74, 6) is 0.818. The number of hydrogen-bond acceptors (Lipinski definition) is 4. The predicted molar refractivity (Wildman–Crippen MR) is 95.0 cm³/mol. The second-order valence-electron chi connectivity index (χ2n) is 5.35. The molecule has 1 amide bonds. The van der Waals surface area contributed by atoms with Crippen LogP contribution < -0.4 is 15.8 Å². The van der Waals surface area contributed by atoms with Gasteiger partial charge in [0.2, 0.25) is 5.91 Å². The third-order valence-electron chi connectivity index (χ3n) is 3.33. The Balaban J connectivity index is 1.69. The van der Waals surface area contributed by atoms with Gasteiger partial charge in [-0.05, 0) is 42.8 Å². The van der Waals surface area contributed by atoms with Crippen molar-refractivity contribution in [3.05, 3.63) is 60.2 Å². The van der Waals surface area contributed by atoms with E-state index in [2.05, 4.69) is 5.32 Å². The van der Waals surface area contributed by atoms with Crippen molar-refractivity contribution in [3.8, 4) is 5.75 Å². The van der Waals surface area contributed by atoms with Crippen LogP contribution in [-0.4, -0.2) is 25.7 Å². The van der Waals surface area contributed by atoms with Gasteiger partial charge in [-0.15, -0.1) is 0 Å². The SMILES string of the molecule is NCCCC(=O)Nc1cccc(COCCOc2ccccc2)c1. The number of nitrogens with two attached hydrogens (primary N) is 1. The molecule has 0 heterocycles. The van der Waals surface area contributed by atoms with Crippen molar-refractivity contribution in [2.75, 3.05) is 25.1 Å². The first-order valence-electron chi connectivity index (χ1n) is 8.12. The van der Waals surface area contributed by atoms with Crippen LogP contribution in [0.3, 0.4) is 0 Å². The molecular weight excluding hydrogens is 304 g/mol. The summed E-state index contributed by atoms with van der Waals surface area (Å²) in [5.41, 5.74) is 7.19. The average molecular weight is 328 g/mol. The fourth-order valence-electron chi connectivity index (χ4n) is 2.15. The van der Waals surface area contributed by atoms with E-state index in [4.69, 9.17) is 15.2 Å². The Hall–Kier alpha value is -2.37. The van der Waals surface area contributed by atoms with Crippen molar-refractivity contribution in [1.29, 1.82) is 0 Å². The van der Waals surface area contributed by atoms with E-state index in [1.54, 1.807) is 0 Å². The predicted octanol–water partition coefficient (Wildman–Crippen LogP) is 2.96. The van der Waals surface area contributed by atoms with Gasteiger partial charge in [-0.3, -0.25) is 4.79 Å². The van der Waals surface area contributed by atoms with Crippen molar-refractivity contribution in [3.63, 3.8) is 0 Å². The minimum atomic E-state index is -0.0187. The number of benzene rings is 2. The highest BCUT2D eigenvalue weighted by molar-refractivity contribution is 5.90. The lowest BCUT2D eigenvalue weighted by Gasteiger charge is -2.09. The van der Waals surface area contributed by atoms with Gasteiger partial charge in [-0.25, -0.2) is 0 Å². The molecule has 0 fully saturated rings. The highest BCUT2D eigenvalue weighted by atomic mass is 16.5. The second kappa shape index (κ2) is 10.4.